The smallest absolute Gasteiger partial charge is 0.185 e. The van der Waals surface area contributed by atoms with Crippen LogP contribution in [0.2, 0.25) is 0 Å². The molecule has 17 heavy (non-hydrogen) atoms. The van der Waals surface area contributed by atoms with Gasteiger partial charge < -0.3 is 10.6 Å². The molecule has 4 heteroatoms. The molecule has 2 rings (SSSR count). The molecule has 3 nitrogen and oxygen atoms in total. The Labute approximate surface area is 108 Å². The SMILES string of the molecule is Cc1nc(N(C)CC2CCCC2)sc1C(C)N. The summed E-state index contributed by atoms with van der Waals surface area (Å²) in [5.74, 6) is 0.864. The average Bonchev–Trinajstić information content (AvgIpc) is 2.86. The molecule has 1 fully saturated rings. The van der Waals surface area contributed by atoms with Gasteiger partial charge in [-0.3, -0.25) is 0 Å². The molecule has 1 aromatic heterocycles. The van der Waals surface area contributed by atoms with Crippen LogP contribution in [0.25, 0.3) is 0 Å². The number of anilines is 1. The van der Waals surface area contributed by atoms with Crippen LogP contribution in [-0.4, -0.2) is 18.6 Å². The second-order valence-electron chi connectivity index (χ2n) is 5.27. The van der Waals surface area contributed by atoms with E-state index in [-0.39, 0.29) is 6.04 Å². The highest BCUT2D eigenvalue weighted by atomic mass is 32.1. The summed E-state index contributed by atoms with van der Waals surface area (Å²) in [6, 6.07) is 0.0983. The van der Waals surface area contributed by atoms with Gasteiger partial charge in [0.15, 0.2) is 5.13 Å². The monoisotopic (exact) mass is 253 g/mol. The number of hydrogen-bond donors (Lipinski definition) is 1. The quantitative estimate of drug-likeness (QED) is 0.896. The molecule has 2 N–H and O–H groups in total. The summed E-state index contributed by atoms with van der Waals surface area (Å²) < 4.78 is 0. The summed E-state index contributed by atoms with van der Waals surface area (Å²) in [5, 5.41) is 1.13. The van der Waals surface area contributed by atoms with E-state index in [1.54, 1.807) is 11.3 Å². The van der Waals surface area contributed by atoms with Crippen LogP contribution in [0, 0.1) is 12.8 Å². The van der Waals surface area contributed by atoms with E-state index in [2.05, 4.69) is 23.9 Å². The zero-order chi connectivity index (χ0) is 12.4. The summed E-state index contributed by atoms with van der Waals surface area (Å²) in [4.78, 5) is 8.16. The summed E-state index contributed by atoms with van der Waals surface area (Å²) in [7, 11) is 2.15. The van der Waals surface area contributed by atoms with Gasteiger partial charge in [-0.25, -0.2) is 4.98 Å². The Kier molecular flexibility index (Phi) is 4.05. The fourth-order valence-electron chi connectivity index (χ4n) is 2.64. The number of rotatable bonds is 4. The van der Waals surface area contributed by atoms with Gasteiger partial charge >= 0.3 is 0 Å². The maximum atomic E-state index is 5.94. The van der Waals surface area contributed by atoms with Gasteiger partial charge in [-0.15, -0.1) is 11.3 Å². The van der Waals surface area contributed by atoms with Crippen LogP contribution in [0.3, 0.4) is 0 Å². The second kappa shape index (κ2) is 5.36. The molecule has 1 unspecified atom stereocenters. The zero-order valence-corrected chi connectivity index (χ0v) is 11.9. The normalized spacial score (nSPS) is 18.6. The Balaban J connectivity index is 2.03. The fourth-order valence-corrected chi connectivity index (χ4v) is 3.63. The van der Waals surface area contributed by atoms with Crippen molar-refractivity contribution in [3.8, 4) is 0 Å². The van der Waals surface area contributed by atoms with E-state index < -0.39 is 0 Å². The Morgan fingerprint density at radius 1 is 1.47 bits per heavy atom. The molecule has 1 aliphatic rings. The molecule has 0 saturated heterocycles. The summed E-state index contributed by atoms with van der Waals surface area (Å²) in [6.45, 7) is 5.23. The van der Waals surface area contributed by atoms with Crippen molar-refractivity contribution in [1.82, 2.24) is 4.98 Å². The first-order chi connectivity index (χ1) is 8.08. The molecular formula is C13H23N3S. The molecule has 0 spiro atoms. The largest absolute Gasteiger partial charge is 0.351 e. The molecule has 0 bridgehead atoms. The van der Waals surface area contributed by atoms with Gasteiger partial charge in [-0.05, 0) is 32.6 Å². The number of nitrogens with two attached hydrogens (primary N) is 1. The van der Waals surface area contributed by atoms with Crippen molar-refractivity contribution in [2.24, 2.45) is 11.7 Å². The van der Waals surface area contributed by atoms with Gasteiger partial charge in [-0.2, -0.15) is 0 Å². The number of thiazole rings is 1. The van der Waals surface area contributed by atoms with E-state index in [1.165, 1.54) is 30.6 Å². The first kappa shape index (κ1) is 12.8. The van der Waals surface area contributed by atoms with Crippen molar-refractivity contribution in [2.75, 3.05) is 18.5 Å². The van der Waals surface area contributed by atoms with E-state index in [1.807, 2.05) is 6.92 Å². The lowest BCUT2D eigenvalue weighted by atomic mass is 10.1. The van der Waals surface area contributed by atoms with Crippen molar-refractivity contribution in [3.63, 3.8) is 0 Å². The molecule has 0 radical (unpaired) electrons. The molecule has 0 aliphatic heterocycles. The molecule has 0 amide bonds. The van der Waals surface area contributed by atoms with Crippen LogP contribution in [-0.2, 0) is 0 Å². The summed E-state index contributed by atoms with van der Waals surface area (Å²) >= 11 is 1.75. The van der Waals surface area contributed by atoms with Crippen LogP contribution in [0.15, 0.2) is 0 Å². The lowest BCUT2D eigenvalue weighted by Crippen LogP contribution is -2.23. The van der Waals surface area contributed by atoms with Crippen molar-refractivity contribution < 1.29 is 0 Å². The molecule has 1 atom stereocenters. The third kappa shape index (κ3) is 2.99. The Morgan fingerprint density at radius 3 is 2.65 bits per heavy atom. The van der Waals surface area contributed by atoms with E-state index in [0.717, 1.165) is 23.3 Å². The van der Waals surface area contributed by atoms with E-state index in [9.17, 15) is 0 Å². The number of aryl methyl sites for hydroxylation is 1. The second-order valence-corrected chi connectivity index (χ2v) is 6.27. The van der Waals surface area contributed by atoms with Crippen molar-refractivity contribution in [2.45, 2.75) is 45.6 Å². The van der Waals surface area contributed by atoms with Gasteiger partial charge in [0.25, 0.3) is 0 Å². The Bertz CT molecular complexity index is 367. The van der Waals surface area contributed by atoms with Gasteiger partial charge in [-0.1, -0.05) is 12.8 Å². The molecule has 0 aromatic carbocycles. The first-order valence-electron chi connectivity index (χ1n) is 6.52. The Hall–Kier alpha value is -0.610. The van der Waals surface area contributed by atoms with Crippen LogP contribution in [0.1, 0.15) is 49.2 Å². The van der Waals surface area contributed by atoms with Crippen LogP contribution in [0.4, 0.5) is 5.13 Å². The lowest BCUT2D eigenvalue weighted by Gasteiger charge is -2.19. The fraction of sp³-hybridized carbons (Fsp3) is 0.769. The number of hydrogen-bond acceptors (Lipinski definition) is 4. The van der Waals surface area contributed by atoms with Crippen molar-refractivity contribution in [1.29, 1.82) is 0 Å². The maximum absolute atomic E-state index is 5.94. The van der Waals surface area contributed by atoms with Crippen molar-refractivity contribution >= 4 is 16.5 Å². The molecule has 1 aliphatic carbocycles. The third-order valence-electron chi connectivity index (χ3n) is 3.57. The Morgan fingerprint density at radius 2 is 2.12 bits per heavy atom. The van der Waals surface area contributed by atoms with Crippen LogP contribution < -0.4 is 10.6 Å². The van der Waals surface area contributed by atoms with Gasteiger partial charge in [0.2, 0.25) is 0 Å². The third-order valence-corrected chi connectivity index (χ3v) is 5.04. The first-order valence-corrected chi connectivity index (χ1v) is 7.33. The van der Waals surface area contributed by atoms with E-state index in [0.29, 0.717) is 0 Å². The number of aromatic nitrogens is 1. The summed E-state index contributed by atoms with van der Waals surface area (Å²) in [6.07, 6.45) is 5.57. The predicted molar refractivity (Wildman–Crippen MR) is 74.7 cm³/mol. The minimum atomic E-state index is 0.0983. The number of nitrogens with zero attached hydrogens (tertiary/aromatic N) is 2. The van der Waals surface area contributed by atoms with Crippen LogP contribution in [0.5, 0.6) is 0 Å². The highest BCUT2D eigenvalue weighted by Crippen LogP contribution is 2.31. The van der Waals surface area contributed by atoms with E-state index in [4.69, 9.17) is 5.73 Å². The predicted octanol–water partition coefficient (Wildman–Crippen LogP) is 3.10. The zero-order valence-electron chi connectivity index (χ0n) is 11.1. The molecule has 1 saturated carbocycles. The van der Waals surface area contributed by atoms with Crippen LogP contribution >= 0.6 is 11.3 Å². The lowest BCUT2D eigenvalue weighted by molar-refractivity contribution is 0.546. The van der Waals surface area contributed by atoms with Gasteiger partial charge in [0, 0.05) is 24.5 Å². The van der Waals surface area contributed by atoms with Gasteiger partial charge in [0.05, 0.1) is 5.69 Å². The standard InChI is InChI=1S/C13H23N3S/c1-9(14)12-10(2)15-13(17-12)16(3)8-11-6-4-5-7-11/h9,11H,4-8,14H2,1-3H3. The molecule has 1 heterocycles. The average molecular weight is 253 g/mol. The van der Waals surface area contributed by atoms with E-state index >= 15 is 0 Å². The minimum absolute atomic E-state index is 0.0983. The minimum Gasteiger partial charge on any atom is -0.351 e. The highest BCUT2D eigenvalue weighted by molar-refractivity contribution is 7.15. The molecule has 1 aromatic rings. The maximum Gasteiger partial charge on any atom is 0.185 e. The molecular weight excluding hydrogens is 230 g/mol. The van der Waals surface area contributed by atoms with Gasteiger partial charge in [0.1, 0.15) is 0 Å². The summed E-state index contributed by atoms with van der Waals surface area (Å²) in [5.41, 5.74) is 7.04. The highest BCUT2D eigenvalue weighted by Gasteiger charge is 2.19. The topological polar surface area (TPSA) is 42.2 Å². The molecule has 96 valence electrons. The van der Waals surface area contributed by atoms with Crippen molar-refractivity contribution in [3.05, 3.63) is 10.6 Å².